The average Bonchev–Trinajstić information content (AvgIpc) is 2.05. The van der Waals surface area contributed by atoms with Crippen LogP contribution < -0.4 is 0 Å². The van der Waals surface area contributed by atoms with E-state index in [0.717, 1.165) is 0 Å². The number of aliphatic carboxylic acids is 1. The van der Waals surface area contributed by atoms with Gasteiger partial charge in [-0.2, -0.15) is 0 Å². The van der Waals surface area contributed by atoms with Gasteiger partial charge in [0, 0.05) is 6.42 Å². The molecule has 0 bridgehead atoms. The third-order valence-corrected chi connectivity index (χ3v) is 1.44. The lowest BCUT2D eigenvalue weighted by molar-refractivity contribution is -0.132. The maximum Gasteiger partial charge on any atom is 0.334 e. The third kappa shape index (κ3) is 3.23. The predicted molar refractivity (Wildman–Crippen MR) is 46.8 cm³/mol. The zero-order valence-electron chi connectivity index (χ0n) is 7.46. The molecule has 0 heterocycles. The largest absolute Gasteiger partial charge is 0.493 e. The lowest BCUT2D eigenvalue weighted by atomic mass is 10.2. The van der Waals surface area contributed by atoms with Crippen molar-refractivity contribution < 1.29 is 14.6 Å². The predicted octanol–water partition coefficient (Wildman–Crippen LogP) is 1.96. The van der Waals surface area contributed by atoms with Gasteiger partial charge in [-0.25, -0.2) is 4.79 Å². The summed E-state index contributed by atoms with van der Waals surface area (Å²) in [6.07, 6.45) is 2.18. The van der Waals surface area contributed by atoms with Crippen LogP contribution in [-0.4, -0.2) is 17.7 Å². The Morgan fingerprint density at radius 2 is 2.25 bits per heavy atom. The molecule has 0 aliphatic heterocycles. The molecule has 0 spiro atoms. The zero-order chi connectivity index (χ0) is 9.56. The van der Waals surface area contributed by atoms with Gasteiger partial charge in [-0.3, -0.25) is 0 Å². The van der Waals surface area contributed by atoms with Gasteiger partial charge in [0.25, 0.3) is 0 Å². The molecule has 0 amide bonds. The summed E-state index contributed by atoms with van der Waals surface area (Å²) < 4.78 is 5.14. The van der Waals surface area contributed by atoms with E-state index in [2.05, 4.69) is 6.58 Å². The normalized spacial score (nSPS) is 11.8. The lowest BCUT2D eigenvalue weighted by Gasteiger charge is -2.07. The Balaban J connectivity index is 4.38. The van der Waals surface area contributed by atoms with E-state index < -0.39 is 5.97 Å². The first-order valence-electron chi connectivity index (χ1n) is 3.80. The number of carbonyl (C=O) groups is 1. The Morgan fingerprint density at radius 1 is 1.67 bits per heavy atom. The number of carboxylic acid groups (broad SMARTS) is 1. The van der Waals surface area contributed by atoms with Gasteiger partial charge in [0.2, 0.25) is 0 Å². The van der Waals surface area contributed by atoms with Gasteiger partial charge in [-0.1, -0.05) is 19.6 Å². The van der Waals surface area contributed by atoms with Crippen LogP contribution in [0.15, 0.2) is 24.0 Å². The maximum atomic E-state index is 10.5. The van der Waals surface area contributed by atoms with Crippen molar-refractivity contribution in [2.24, 2.45) is 0 Å². The van der Waals surface area contributed by atoms with Crippen molar-refractivity contribution >= 4 is 5.97 Å². The Bertz CT molecular complexity index is 204. The van der Waals surface area contributed by atoms with Crippen molar-refractivity contribution in [1.29, 1.82) is 0 Å². The second kappa shape index (κ2) is 5.41. The summed E-state index contributed by atoms with van der Waals surface area (Å²) >= 11 is 0. The summed E-state index contributed by atoms with van der Waals surface area (Å²) in [7, 11) is 0. The van der Waals surface area contributed by atoms with Crippen LogP contribution in [0.1, 0.15) is 20.3 Å². The third-order valence-electron chi connectivity index (χ3n) is 1.44. The molecule has 0 aromatic rings. The highest BCUT2D eigenvalue weighted by atomic mass is 16.5. The number of allylic oxidation sites excluding steroid dienone is 1. The number of ether oxygens (including phenoxy) is 1. The lowest BCUT2D eigenvalue weighted by Crippen LogP contribution is -2.03. The summed E-state index contributed by atoms with van der Waals surface area (Å²) in [4.78, 5) is 10.5. The molecule has 0 atom stereocenters. The fourth-order valence-corrected chi connectivity index (χ4v) is 0.754. The van der Waals surface area contributed by atoms with Crippen molar-refractivity contribution in [2.45, 2.75) is 20.3 Å². The average molecular weight is 170 g/mol. The van der Waals surface area contributed by atoms with Crippen LogP contribution in [0.5, 0.6) is 0 Å². The van der Waals surface area contributed by atoms with Crippen LogP contribution in [0.2, 0.25) is 0 Å². The van der Waals surface area contributed by atoms with Crippen LogP contribution in [0.4, 0.5) is 0 Å². The van der Waals surface area contributed by atoms with Crippen molar-refractivity contribution in [3.8, 4) is 0 Å². The molecule has 0 aromatic heterocycles. The Hall–Kier alpha value is -1.25. The van der Waals surface area contributed by atoms with E-state index in [1.807, 2.05) is 6.92 Å². The van der Waals surface area contributed by atoms with Gasteiger partial charge in [0.05, 0.1) is 5.57 Å². The van der Waals surface area contributed by atoms with Crippen molar-refractivity contribution in [1.82, 2.24) is 0 Å². The monoisotopic (exact) mass is 170 g/mol. The van der Waals surface area contributed by atoms with Crippen LogP contribution in [0.25, 0.3) is 0 Å². The van der Waals surface area contributed by atoms with Gasteiger partial charge < -0.3 is 9.84 Å². The summed E-state index contributed by atoms with van der Waals surface area (Å²) in [5.74, 6) is -0.418. The molecule has 0 saturated carbocycles. The fourth-order valence-electron chi connectivity index (χ4n) is 0.754. The minimum Gasteiger partial charge on any atom is -0.493 e. The molecule has 12 heavy (non-hydrogen) atoms. The summed E-state index contributed by atoms with van der Waals surface area (Å²) in [6, 6.07) is 0. The van der Waals surface area contributed by atoms with E-state index in [1.54, 1.807) is 6.08 Å². The van der Waals surface area contributed by atoms with E-state index in [0.29, 0.717) is 18.8 Å². The Labute approximate surface area is 72.3 Å². The quantitative estimate of drug-likeness (QED) is 0.389. The van der Waals surface area contributed by atoms with Gasteiger partial charge in [0.15, 0.2) is 0 Å². The van der Waals surface area contributed by atoms with E-state index in [-0.39, 0.29) is 5.57 Å². The minimum absolute atomic E-state index is 0.263. The van der Waals surface area contributed by atoms with Gasteiger partial charge in [-0.05, 0) is 6.92 Å². The van der Waals surface area contributed by atoms with Crippen molar-refractivity contribution in [3.63, 3.8) is 0 Å². The highest BCUT2D eigenvalue weighted by molar-refractivity contribution is 5.86. The van der Waals surface area contributed by atoms with Crippen molar-refractivity contribution in [3.05, 3.63) is 24.0 Å². The first-order valence-corrected chi connectivity index (χ1v) is 3.80. The molecule has 0 unspecified atom stereocenters. The van der Waals surface area contributed by atoms with E-state index in [1.165, 1.54) is 6.92 Å². The van der Waals surface area contributed by atoms with E-state index >= 15 is 0 Å². The molecule has 0 rings (SSSR count). The minimum atomic E-state index is -0.934. The molecular formula is C9H14O3. The van der Waals surface area contributed by atoms with Gasteiger partial charge in [0.1, 0.15) is 12.4 Å². The second-order valence-electron chi connectivity index (χ2n) is 2.31. The molecule has 3 nitrogen and oxygen atoms in total. The zero-order valence-corrected chi connectivity index (χ0v) is 7.46. The standard InChI is InChI=1S/C9H14O3/c1-4-6-12-8(5-2)7(3)9(10)11/h4H,1,5-6H2,2-3H3,(H,10,11)/b8-7+. The van der Waals surface area contributed by atoms with Crippen LogP contribution in [0, 0.1) is 0 Å². The van der Waals surface area contributed by atoms with Crippen LogP contribution in [0.3, 0.4) is 0 Å². The molecule has 3 heteroatoms. The molecule has 1 N–H and O–H groups in total. The van der Waals surface area contributed by atoms with E-state index in [4.69, 9.17) is 9.84 Å². The number of hydrogen-bond acceptors (Lipinski definition) is 2. The SMILES string of the molecule is C=CCO/C(CC)=C(\C)C(=O)O. The smallest absolute Gasteiger partial charge is 0.334 e. The van der Waals surface area contributed by atoms with E-state index in [9.17, 15) is 4.79 Å². The second-order valence-corrected chi connectivity index (χ2v) is 2.31. The van der Waals surface area contributed by atoms with Gasteiger partial charge >= 0.3 is 5.97 Å². The van der Waals surface area contributed by atoms with Crippen LogP contribution >= 0.6 is 0 Å². The van der Waals surface area contributed by atoms with Gasteiger partial charge in [-0.15, -0.1) is 0 Å². The number of hydrogen-bond donors (Lipinski definition) is 1. The topological polar surface area (TPSA) is 46.5 Å². The molecular weight excluding hydrogens is 156 g/mol. The fraction of sp³-hybridized carbons (Fsp3) is 0.444. The first kappa shape index (κ1) is 10.8. The summed E-state index contributed by atoms with van der Waals surface area (Å²) in [6.45, 7) is 7.22. The molecule has 0 fully saturated rings. The molecule has 0 saturated heterocycles. The highest BCUT2D eigenvalue weighted by Gasteiger charge is 2.07. The Kier molecular flexibility index (Phi) is 4.84. The molecule has 0 radical (unpaired) electrons. The van der Waals surface area contributed by atoms with Crippen LogP contribution in [-0.2, 0) is 9.53 Å². The number of rotatable bonds is 5. The van der Waals surface area contributed by atoms with Crippen molar-refractivity contribution in [2.75, 3.05) is 6.61 Å². The Morgan fingerprint density at radius 3 is 2.58 bits per heavy atom. The summed E-state index contributed by atoms with van der Waals surface area (Å²) in [5, 5.41) is 8.62. The maximum absolute atomic E-state index is 10.5. The first-order chi connectivity index (χ1) is 5.63. The molecule has 0 aromatic carbocycles. The number of carboxylic acids is 1. The summed E-state index contributed by atoms with van der Waals surface area (Å²) in [5.41, 5.74) is 0.263. The molecule has 68 valence electrons. The molecule has 0 aliphatic rings. The molecule has 0 aliphatic carbocycles. The highest BCUT2D eigenvalue weighted by Crippen LogP contribution is 2.09.